The third-order valence-electron chi connectivity index (χ3n) is 8.70. The zero-order valence-electron chi connectivity index (χ0n) is 15.7. The molecule has 1 N–H and O–H groups in total. The molecule has 2 unspecified atom stereocenters. The second-order valence-electron chi connectivity index (χ2n) is 9.33. The lowest BCUT2D eigenvalue weighted by molar-refractivity contribution is -0.333. The summed E-state index contributed by atoms with van der Waals surface area (Å²) in [7, 11) is 0. The molecule has 3 heteroatoms. The molecule has 1 saturated heterocycles. The highest BCUT2D eigenvalue weighted by atomic mass is 16.7. The molecular formula is C22H34O3. The first-order chi connectivity index (χ1) is 12.2. The Bertz CT molecular complexity index is 549. The van der Waals surface area contributed by atoms with Crippen LogP contribution in [-0.4, -0.2) is 30.2 Å². The van der Waals surface area contributed by atoms with Crippen LogP contribution < -0.4 is 0 Å². The summed E-state index contributed by atoms with van der Waals surface area (Å²) in [5.41, 5.74) is 1.71. The Labute approximate surface area is 152 Å². The maximum atomic E-state index is 11.4. The summed E-state index contributed by atoms with van der Waals surface area (Å²) in [6.45, 7) is 3.96. The monoisotopic (exact) mass is 346 g/mol. The minimum absolute atomic E-state index is 0.0316. The van der Waals surface area contributed by atoms with Gasteiger partial charge >= 0.3 is 0 Å². The highest BCUT2D eigenvalue weighted by Crippen LogP contribution is 2.67. The molecule has 1 heterocycles. The van der Waals surface area contributed by atoms with Gasteiger partial charge in [-0.25, -0.2) is 0 Å². The maximum absolute atomic E-state index is 11.4. The third kappa shape index (κ3) is 2.21. The fourth-order valence-corrected chi connectivity index (χ4v) is 7.81. The van der Waals surface area contributed by atoms with E-state index in [2.05, 4.69) is 13.0 Å². The number of hydrogen-bond donors (Lipinski definition) is 1. The summed E-state index contributed by atoms with van der Waals surface area (Å²) in [4.78, 5) is 0. The number of aliphatic hydroxyl groups is 1. The molecule has 3 nitrogen and oxygen atoms in total. The van der Waals surface area contributed by atoms with Crippen molar-refractivity contribution in [2.24, 2.45) is 29.1 Å². The van der Waals surface area contributed by atoms with Gasteiger partial charge in [-0.3, -0.25) is 0 Å². The van der Waals surface area contributed by atoms with Crippen molar-refractivity contribution in [1.82, 2.24) is 0 Å². The van der Waals surface area contributed by atoms with Crippen LogP contribution in [0.3, 0.4) is 0 Å². The fourth-order valence-electron chi connectivity index (χ4n) is 7.81. The van der Waals surface area contributed by atoms with Crippen LogP contribution in [0.4, 0.5) is 0 Å². The summed E-state index contributed by atoms with van der Waals surface area (Å²) in [6.07, 6.45) is 14.0. The lowest BCUT2D eigenvalue weighted by Gasteiger charge is -2.59. The van der Waals surface area contributed by atoms with Crippen molar-refractivity contribution in [3.05, 3.63) is 11.6 Å². The molecule has 1 aliphatic heterocycles. The molecule has 0 aromatic heterocycles. The summed E-state index contributed by atoms with van der Waals surface area (Å²) >= 11 is 0. The molecule has 140 valence electrons. The molecule has 3 saturated carbocycles. The lowest BCUT2D eigenvalue weighted by Crippen LogP contribution is -2.61. The normalized spacial score (nSPS) is 48.4. The van der Waals surface area contributed by atoms with E-state index in [9.17, 15) is 5.11 Å². The number of fused-ring (bicyclic) bond motifs is 6. The van der Waals surface area contributed by atoms with Gasteiger partial charge in [0.2, 0.25) is 0 Å². The minimum atomic E-state index is -0.403. The number of allylic oxidation sites excluding steroid dienone is 2. The van der Waals surface area contributed by atoms with Crippen molar-refractivity contribution >= 4 is 0 Å². The van der Waals surface area contributed by atoms with E-state index >= 15 is 0 Å². The Kier molecular flexibility index (Phi) is 4.07. The molecule has 5 rings (SSSR count). The van der Waals surface area contributed by atoms with Crippen molar-refractivity contribution < 1.29 is 14.6 Å². The Morgan fingerprint density at radius 3 is 2.80 bits per heavy atom. The van der Waals surface area contributed by atoms with E-state index in [1.54, 1.807) is 5.57 Å². The second kappa shape index (κ2) is 6.07. The van der Waals surface area contributed by atoms with Crippen LogP contribution in [-0.2, 0) is 9.47 Å². The van der Waals surface area contributed by atoms with Crippen LogP contribution in [0.25, 0.3) is 0 Å². The molecule has 5 aliphatic rings. The number of rotatable bonds is 1. The Hall–Kier alpha value is -0.380. The zero-order chi connectivity index (χ0) is 17.1. The maximum Gasteiger partial charge on any atom is 0.174 e. The first kappa shape index (κ1) is 16.8. The van der Waals surface area contributed by atoms with Gasteiger partial charge < -0.3 is 14.6 Å². The van der Waals surface area contributed by atoms with Crippen LogP contribution in [0, 0.1) is 29.1 Å². The van der Waals surface area contributed by atoms with Crippen LogP contribution >= 0.6 is 0 Å². The van der Waals surface area contributed by atoms with Gasteiger partial charge in [-0.2, -0.15) is 0 Å². The Morgan fingerprint density at radius 1 is 1.16 bits per heavy atom. The van der Waals surface area contributed by atoms with E-state index in [1.165, 1.54) is 38.5 Å². The van der Waals surface area contributed by atoms with Crippen LogP contribution in [0.2, 0.25) is 0 Å². The molecule has 1 spiro atoms. The lowest BCUT2D eigenvalue weighted by atomic mass is 9.49. The Balaban J connectivity index is 1.51. The van der Waals surface area contributed by atoms with E-state index in [4.69, 9.17) is 9.47 Å². The largest absolute Gasteiger partial charge is 0.393 e. The molecule has 25 heavy (non-hydrogen) atoms. The average molecular weight is 347 g/mol. The van der Waals surface area contributed by atoms with E-state index in [-0.39, 0.29) is 11.5 Å². The summed E-state index contributed by atoms with van der Waals surface area (Å²) in [5.74, 6) is 2.08. The van der Waals surface area contributed by atoms with Gasteiger partial charge in [0.05, 0.1) is 19.3 Å². The molecule has 6 atom stereocenters. The van der Waals surface area contributed by atoms with E-state index < -0.39 is 5.79 Å². The highest BCUT2D eigenvalue weighted by Gasteiger charge is 2.68. The topological polar surface area (TPSA) is 38.7 Å². The van der Waals surface area contributed by atoms with E-state index in [0.29, 0.717) is 23.7 Å². The van der Waals surface area contributed by atoms with Crippen molar-refractivity contribution in [3.63, 3.8) is 0 Å². The standard InChI is InChI=1S/C22H34O3/c1-2-21-14-19(23)20-16-7-4-3-6-15(16)8-9-17(20)18(21)10-11-22(21)24-12-5-13-25-22/h6,16-20,23H,2-5,7-14H2,1H3/t16-,17-,18-,19?,20+,21?/m0/s1. The molecular weight excluding hydrogens is 312 g/mol. The van der Waals surface area contributed by atoms with E-state index in [0.717, 1.165) is 38.9 Å². The van der Waals surface area contributed by atoms with Gasteiger partial charge in [-0.15, -0.1) is 0 Å². The van der Waals surface area contributed by atoms with Crippen molar-refractivity contribution in [1.29, 1.82) is 0 Å². The van der Waals surface area contributed by atoms with Crippen molar-refractivity contribution in [2.75, 3.05) is 13.2 Å². The van der Waals surface area contributed by atoms with Gasteiger partial charge in [0.15, 0.2) is 5.79 Å². The smallest absolute Gasteiger partial charge is 0.174 e. The van der Waals surface area contributed by atoms with Gasteiger partial charge in [0.1, 0.15) is 0 Å². The third-order valence-corrected chi connectivity index (χ3v) is 8.70. The molecule has 0 bridgehead atoms. The molecule has 0 radical (unpaired) electrons. The summed E-state index contributed by atoms with van der Waals surface area (Å²) in [5, 5.41) is 11.4. The van der Waals surface area contributed by atoms with Crippen LogP contribution in [0.1, 0.15) is 71.1 Å². The van der Waals surface area contributed by atoms with Crippen LogP contribution in [0.15, 0.2) is 11.6 Å². The predicted octanol–water partition coefficient (Wildman–Crippen LogP) is 4.44. The number of aliphatic hydroxyl groups excluding tert-OH is 1. The number of ether oxygens (including phenoxy) is 2. The predicted molar refractivity (Wildman–Crippen MR) is 97.0 cm³/mol. The number of hydrogen-bond acceptors (Lipinski definition) is 3. The first-order valence-corrected chi connectivity index (χ1v) is 10.9. The van der Waals surface area contributed by atoms with Crippen molar-refractivity contribution in [2.45, 2.75) is 83.0 Å². The van der Waals surface area contributed by atoms with Gasteiger partial charge in [-0.1, -0.05) is 18.6 Å². The van der Waals surface area contributed by atoms with Gasteiger partial charge in [0, 0.05) is 11.8 Å². The van der Waals surface area contributed by atoms with Crippen LogP contribution in [0.5, 0.6) is 0 Å². The minimum Gasteiger partial charge on any atom is -0.393 e. The summed E-state index contributed by atoms with van der Waals surface area (Å²) < 4.78 is 12.8. The van der Waals surface area contributed by atoms with Crippen molar-refractivity contribution in [3.8, 4) is 0 Å². The Morgan fingerprint density at radius 2 is 2.00 bits per heavy atom. The quantitative estimate of drug-likeness (QED) is 0.713. The zero-order valence-corrected chi connectivity index (χ0v) is 15.7. The molecule has 0 amide bonds. The molecule has 0 aromatic rings. The van der Waals surface area contributed by atoms with Gasteiger partial charge in [-0.05, 0) is 81.5 Å². The second-order valence-corrected chi connectivity index (χ2v) is 9.33. The SMILES string of the molecule is CCC12CC(O)[C@H]3[C@@H](CCC4=CCCC[C@@H]43)[C@@H]1CCC21OCCCO1. The van der Waals surface area contributed by atoms with E-state index in [1.807, 2.05) is 0 Å². The first-order valence-electron chi connectivity index (χ1n) is 10.9. The molecule has 0 aromatic carbocycles. The fraction of sp³-hybridized carbons (Fsp3) is 0.909. The molecule has 4 fully saturated rings. The van der Waals surface area contributed by atoms with Gasteiger partial charge in [0.25, 0.3) is 0 Å². The highest BCUT2D eigenvalue weighted by molar-refractivity contribution is 5.21. The summed E-state index contributed by atoms with van der Waals surface area (Å²) in [6, 6.07) is 0. The molecule has 4 aliphatic carbocycles. The average Bonchev–Trinajstić information content (AvgIpc) is 2.96.